The van der Waals surface area contributed by atoms with E-state index in [1.165, 1.54) is 17.0 Å². The number of para-hydroxylation sites is 1. The first kappa shape index (κ1) is 26.3. The minimum absolute atomic E-state index is 0.0792. The van der Waals surface area contributed by atoms with E-state index >= 15 is 0 Å². The largest absolute Gasteiger partial charge is 0.486 e. The van der Waals surface area contributed by atoms with E-state index in [1.807, 2.05) is 4.90 Å². The van der Waals surface area contributed by atoms with Gasteiger partial charge in [0.05, 0.1) is 17.8 Å². The molecule has 3 aromatic rings. The van der Waals surface area contributed by atoms with Crippen LogP contribution in [0, 0.1) is 0 Å². The molecule has 1 heterocycles. The van der Waals surface area contributed by atoms with E-state index in [0.29, 0.717) is 36.8 Å². The zero-order valence-electron chi connectivity index (χ0n) is 19.4. The fourth-order valence-electron chi connectivity index (χ4n) is 3.94. The van der Waals surface area contributed by atoms with Crippen LogP contribution in [0.5, 0.6) is 11.5 Å². The molecule has 0 bridgehead atoms. The summed E-state index contributed by atoms with van der Waals surface area (Å²) in [7, 11) is 0. The Morgan fingerprint density at radius 1 is 1.08 bits per heavy atom. The highest BCUT2D eigenvalue weighted by atomic mass is 79.9. The number of rotatable bonds is 8. The van der Waals surface area contributed by atoms with Gasteiger partial charge in [-0.25, -0.2) is 4.79 Å². The first-order valence-electron chi connectivity index (χ1n) is 11.2. The van der Waals surface area contributed by atoms with Gasteiger partial charge in [-0.15, -0.1) is 0 Å². The maximum Gasteiger partial charge on any atom is 0.416 e. The summed E-state index contributed by atoms with van der Waals surface area (Å²) in [6, 6.07) is 16.4. The summed E-state index contributed by atoms with van der Waals surface area (Å²) in [5, 5.41) is 8.93. The van der Waals surface area contributed by atoms with Crippen molar-refractivity contribution in [2.45, 2.75) is 6.18 Å². The summed E-state index contributed by atoms with van der Waals surface area (Å²) in [4.78, 5) is 27.8. The van der Waals surface area contributed by atoms with Gasteiger partial charge in [-0.05, 0) is 54.6 Å². The van der Waals surface area contributed by atoms with Crippen molar-refractivity contribution in [3.05, 3.63) is 82.3 Å². The van der Waals surface area contributed by atoms with E-state index in [9.17, 15) is 22.8 Å². The smallest absolute Gasteiger partial charge is 0.416 e. The Hall–Kier alpha value is -3.73. The zero-order chi connectivity index (χ0) is 26.6. The third-order valence-corrected chi connectivity index (χ3v) is 6.20. The Morgan fingerprint density at radius 3 is 2.51 bits per heavy atom. The summed E-state index contributed by atoms with van der Waals surface area (Å²) >= 11 is 3.36. The van der Waals surface area contributed by atoms with Crippen LogP contribution in [0.2, 0.25) is 0 Å². The number of carboxylic acids is 1. The minimum atomic E-state index is -4.57. The molecule has 37 heavy (non-hydrogen) atoms. The van der Waals surface area contributed by atoms with Crippen molar-refractivity contribution in [2.24, 2.45) is 0 Å². The molecule has 194 valence electrons. The second-order valence-corrected chi connectivity index (χ2v) is 9.05. The molecule has 1 aliphatic rings. The molecule has 0 atom stereocenters. The molecule has 1 aliphatic heterocycles. The molecule has 1 N–H and O–H groups in total. The number of amides is 1. The van der Waals surface area contributed by atoms with Gasteiger partial charge in [0.1, 0.15) is 6.61 Å². The van der Waals surface area contributed by atoms with Crippen molar-refractivity contribution in [2.75, 3.05) is 42.6 Å². The van der Waals surface area contributed by atoms with Crippen LogP contribution in [0.1, 0.15) is 15.9 Å². The van der Waals surface area contributed by atoms with Crippen LogP contribution in [0.3, 0.4) is 0 Å². The maximum atomic E-state index is 13.5. The van der Waals surface area contributed by atoms with Crippen molar-refractivity contribution in [1.29, 1.82) is 0 Å². The average molecular weight is 579 g/mol. The Kier molecular flexibility index (Phi) is 7.91. The van der Waals surface area contributed by atoms with Gasteiger partial charge in [0.25, 0.3) is 5.91 Å². The number of carbonyl (C=O) groups is 2. The van der Waals surface area contributed by atoms with Crippen molar-refractivity contribution in [3.63, 3.8) is 0 Å². The highest BCUT2D eigenvalue weighted by molar-refractivity contribution is 9.10. The van der Waals surface area contributed by atoms with Crippen LogP contribution in [0.15, 0.2) is 71.2 Å². The second-order valence-electron chi connectivity index (χ2n) is 8.13. The number of fused-ring (bicyclic) bond motifs is 1. The summed E-state index contributed by atoms with van der Waals surface area (Å²) in [5.41, 5.74) is 0.212. The fourth-order valence-corrected chi connectivity index (χ4v) is 4.20. The van der Waals surface area contributed by atoms with Crippen molar-refractivity contribution in [1.82, 2.24) is 0 Å². The van der Waals surface area contributed by atoms with Crippen molar-refractivity contribution < 1.29 is 37.3 Å². The van der Waals surface area contributed by atoms with Crippen LogP contribution in [0.4, 0.5) is 24.5 Å². The fraction of sp³-hybridized carbons (Fsp3) is 0.231. The monoisotopic (exact) mass is 578 g/mol. The number of aliphatic carboxylic acids is 1. The molecule has 7 nitrogen and oxygen atoms in total. The van der Waals surface area contributed by atoms with Gasteiger partial charge in [-0.1, -0.05) is 28.1 Å². The highest BCUT2D eigenvalue weighted by Gasteiger charge is 2.32. The molecule has 0 saturated heterocycles. The van der Waals surface area contributed by atoms with Crippen LogP contribution in [-0.4, -0.2) is 49.8 Å². The molecule has 0 fully saturated rings. The number of alkyl halides is 3. The average Bonchev–Trinajstić information content (AvgIpc) is 2.88. The molecular weight excluding hydrogens is 557 g/mol. The normalized spacial score (nSPS) is 12.9. The topological polar surface area (TPSA) is 79.3 Å². The molecule has 0 aromatic heterocycles. The van der Waals surface area contributed by atoms with Crippen LogP contribution >= 0.6 is 15.9 Å². The first-order valence-corrected chi connectivity index (χ1v) is 12.0. The van der Waals surface area contributed by atoms with Gasteiger partial charge in [-0.2, -0.15) is 13.2 Å². The van der Waals surface area contributed by atoms with E-state index in [0.717, 1.165) is 16.6 Å². The van der Waals surface area contributed by atoms with E-state index in [-0.39, 0.29) is 17.9 Å². The Morgan fingerprint density at radius 2 is 1.81 bits per heavy atom. The lowest BCUT2D eigenvalue weighted by Crippen LogP contribution is -2.42. The molecule has 0 saturated carbocycles. The Labute approximate surface area is 219 Å². The second kappa shape index (κ2) is 11.1. The van der Waals surface area contributed by atoms with Crippen molar-refractivity contribution >= 4 is 39.2 Å². The number of hydrogen-bond donors (Lipinski definition) is 1. The van der Waals surface area contributed by atoms with Gasteiger partial charge in [-0.3, -0.25) is 4.79 Å². The predicted molar refractivity (Wildman–Crippen MR) is 135 cm³/mol. The summed E-state index contributed by atoms with van der Waals surface area (Å²) in [6.45, 7) is 0.764. The number of carboxylic acid groups (broad SMARTS) is 1. The van der Waals surface area contributed by atoms with Gasteiger partial charge in [0, 0.05) is 28.8 Å². The van der Waals surface area contributed by atoms with E-state index in [1.54, 1.807) is 42.5 Å². The lowest BCUT2D eigenvalue weighted by atomic mass is 10.1. The lowest BCUT2D eigenvalue weighted by molar-refractivity contribution is -0.139. The molecule has 3 aromatic carbocycles. The number of carbonyl (C=O) groups excluding carboxylic acids is 1. The molecule has 11 heteroatoms. The molecule has 4 rings (SSSR count). The summed E-state index contributed by atoms with van der Waals surface area (Å²) in [5.74, 6) is -1.01. The van der Waals surface area contributed by atoms with Crippen LogP contribution < -0.4 is 19.3 Å². The number of benzene rings is 3. The number of anilines is 2. The Bertz CT molecular complexity index is 1280. The SMILES string of the molecule is O=C(O)COc1cccc2c1OCCN2CCN(C(=O)c1cccc(C(F)(F)F)c1)c1ccc(Br)cc1. The molecule has 1 amide bonds. The lowest BCUT2D eigenvalue weighted by Gasteiger charge is -2.34. The molecule has 0 unspecified atom stereocenters. The molecular formula is C26H22BrF3N2O5. The quantitative estimate of drug-likeness (QED) is 0.381. The third-order valence-electron chi connectivity index (χ3n) is 5.67. The van der Waals surface area contributed by atoms with Crippen molar-refractivity contribution in [3.8, 4) is 11.5 Å². The number of halogens is 4. The Balaban J connectivity index is 1.60. The van der Waals surface area contributed by atoms with Gasteiger partial charge >= 0.3 is 12.1 Å². The van der Waals surface area contributed by atoms with Gasteiger partial charge in [0.15, 0.2) is 18.1 Å². The number of hydrogen-bond acceptors (Lipinski definition) is 5. The molecule has 0 spiro atoms. The minimum Gasteiger partial charge on any atom is -0.486 e. The third kappa shape index (κ3) is 6.34. The van der Waals surface area contributed by atoms with Gasteiger partial charge in [0.2, 0.25) is 0 Å². The van der Waals surface area contributed by atoms with E-state index in [2.05, 4.69) is 15.9 Å². The first-order chi connectivity index (χ1) is 17.6. The van der Waals surface area contributed by atoms with E-state index < -0.39 is 30.2 Å². The highest BCUT2D eigenvalue weighted by Crippen LogP contribution is 2.40. The zero-order valence-corrected chi connectivity index (χ0v) is 21.0. The predicted octanol–water partition coefficient (Wildman–Crippen LogP) is 5.48. The van der Waals surface area contributed by atoms with Crippen LogP contribution in [-0.2, 0) is 11.0 Å². The standard InChI is InChI=1S/C26H22BrF3N2O5/c27-19-7-9-20(10-8-19)32(25(35)17-3-1-4-18(15-17)26(28,29)30)12-11-31-13-14-36-24-21(31)5-2-6-22(24)37-16-23(33)34/h1-10,15H,11-14,16H2,(H,33,34). The van der Waals surface area contributed by atoms with Gasteiger partial charge < -0.3 is 24.4 Å². The summed E-state index contributed by atoms with van der Waals surface area (Å²) in [6.07, 6.45) is -4.57. The molecule has 0 radical (unpaired) electrons. The summed E-state index contributed by atoms with van der Waals surface area (Å²) < 4.78 is 51.7. The van der Waals surface area contributed by atoms with E-state index in [4.69, 9.17) is 14.6 Å². The maximum absolute atomic E-state index is 13.5. The number of ether oxygens (including phenoxy) is 2. The number of nitrogens with zero attached hydrogens (tertiary/aromatic N) is 2. The molecule has 0 aliphatic carbocycles. The van der Waals surface area contributed by atoms with Crippen LogP contribution in [0.25, 0.3) is 0 Å².